The number of hydrogen-bond donors (Lipinski definition) is 1. The number of amides is 2. The van der Waals surface area contributed by atoms with Crippen molar-refractivity contribution in [2.24, 2.45) is 0 Å². The van der Waals surface area contributed by atoms with Crippen LogP contribution < -0.4 is 19.7 Å². The number of rotatable bonds is 4. The molecule has 3 aromatic rings. The second-order valence-electron chi connectivity index (χ2n) is 7.76. The van der Waals surface area contributed by atoms with Crippen molar-refractivity contribution in [2.75, 3.05) is 23.4 Å². The Bertz CT molecular complexity index is 1260. The second-order valence-corrected chi connectivity index (χ2v) is 7.76. The van der Waals surface area contributed by atoms with Crippen LogP contribution in [-0.4, -0.2) is 25.0 Å². The molecule has 1 N–H and O–H groups in total. The molecule has 2 aliphatic heterocycles. The summed E-state index contributed by atoms with van der Waals surface area (Å²) in [6.45, 7) is 4.84. The molecule has 0 fully saturated rings. The molecule has 0 unspecified atom stereocenters. The summed E-state index contributed by atoms with van der Waals surface area (Å²) in [5.74, 6) is 0.517. The number of imide groups is 1. The molecule has 2 aliphatic rings. The Balaban J connectivity index is 1.60. The maximum absolute atomic E-state index is 13.6. The highest BCUT2D eigenvalue weighted by molar-refractivity contribution is 6.46. The zero-order valence-corrected chi connectivity index (χ0v) is 17.8. The van der Waals surface area contributed by atoms with E-state index in [0.717, 1.165) is 11.1 Å². The van der Waals surface area contributed by atoms with Crippen molar-refractivity contribution in [3.05, 3.63) is 89.1 Å². The van der Waals surface area contributed by atoms with E-state index in [1.54, 1.807) is 18.2 Å². The van der Waals surface area contributed by atoms with E-state index in [2.05, 4.69) is 5.32 Å². The summed E-state index contributed by atoms with van der Waals surface area (Å²) in [4.78, 5) is 28.4. The third-order valence-corrected chi connectivity index (χ3v) is 5.77. The van der Waals surface area contributed by atoms with Gasteiger partial charge in [0.05, 0.1) is 11.3 Å². The molecule has 2 heterocycles. The predicted molar refractivity (Wildman–Crippen MR) is 123 cm³/mol. The quantitative estimate of drug-likeness (QED) is 0.624. The molecule has 0 aromatic heterocycles. The minimum absolute atomic E-state index is 0.235. The van der Waals surface area contributed by atoms with E-state index >= 15 is 0 Å². The van der Waals surface area contributed by atoms with Crippen molar-refractivity contribution < 1.29 is 19.1 Å². The van der Waals surface area contributed by atoms with E-state index in [-0.39, 0.29) is 11.6 Å². The van der Waals surface area contributed by atoms with Gasteiger partial charge in [-0.15, -0.1) is 0 Å². The largest absolute Gasteiger partial charge is 0.486 e. The first-order valence-electron chi connectivity index (χ1n) is 10.5. The smallest absolute Gasteiger partial charge is 0.282 e. The molecule has 0 saturated carbocycles. The van der Waals surface area contributed by atoms with E-state index in [0.29, 0.717) is 47.2 Å². The lowest BCUT2D eigenvalue weighted by atomic mass is 10.0. The lowest BCUT2D eigenvalue weighted by Crippen LogP contribution is -2.33. The number of anilines is 2. The van der Waals surface area contributed by atoms with Crippen LogP contribution in [0.2, 0.25) is 0 Å². The molecule has 5 rings (SSSR count). The fourth-order valence-electron chi connectivity index (χ4n) is 3.98. The van der Waals surface area contributed by atoms with Gasteiger partial charge in [-0.05, 0) is 48.7 Å². The van der Waals surface area contributed by atoms with Gasteiger partial charge in [-0.25, -0.2) is 4.90 Å². The molecule has 0 radical (unpaired) electrons. The highest BCUT2D eigenvalue weighted by Crippen LogP contribution is 2.37. The van der Waals surface area contributed by atoms with Gasteiger partial charge in [0.15, 0.2) is 11.5 Å². The topological polar surface area (TPSA) is 67.9 Å². The molecule has 0 aliphatic carbocycles. The zero-order valence-electron chi connectivity index (χ0n) is 17.8. The van der Waals surface area contributed by atoms with Crippen LogP contribution in [0.4, 0.5) is 11.4 Å². The second kappa shape index (κ2) is 7.89. The first-order chi connectivity index (χ1) is 15.5. The predicted octanol–water partition coefficient (Wildman–Crippen LogP) is 4.47. The Morgan fingerprint density at radius 3 is 2.34 bits per heavy atom. The normalized spacial score (nSPS) is 15.4. The van der Waals surface area contributed by atoms with E-state index < -0.39 is 5.91 Å². The summed E-state index contributed by atoms with van der Waals surface area (Å²) in [7, 11) is 0. The molecule has 0 saturated heterocycles. The monoisotopic (exact) mass is 426 g/mol. The fourth-order valence-corrected chi connectivity index (χ4v) is 3.98. The van der Waals surface area contributed by atoms with E-state index in [9.17, 15) is 9.59 Å². The number of hydrogen-bond acceptors (Lipinski definition) is 5. The molecule has 0 bridgehead atoms. The lowest BCUT2D eigenvalue weighted by molar-refractivity contribution is -0.120. The minimum atomic E-state index is -0.391. The standard InChI is InChI=1S/C26H22N2O4/c1-16-7-6-10-20(17(16)2)28-25(29)23(18-8-4-3-5-9-18)24(26(28)30)27-19-11-12-21-22(15-19)32-14-13-31-21/h3-12,15,27H,13-14H2,1-2H3. The number of benzene rings is 3. The summed E-state index contributed by atoms with van der Waals surface area (Å²) in [6.07, 6.45) is 0. The van der Waals surface area contributed by atoms with Crippen LogP contribution in [0.1, 0.15) is 16.7 Å². The van der Waals surface area contributed by atoms with Gasteiger partial charge in [-0.1, -0.05) is 42.5 Å². The minimum Gasteiger partial charge on any atom is -0.486 e. The van der Waals surface area contributed by atoms with Crippen LogP contribution in [0.15, 0.2) is 72.4 Å². The molecular weight excluding hydrogens is 404 g/mol. The third-order valence-electron chi connectivity index (χ3n) is 5.77. The molecule has 160 valence electrons. The number of carbonyl (C=O) groups is 2. The summed E-state index contributed by atoms with van der Waals surface area (Å²) in [5.41, 5.74) is 4.39. The van der Waals surface area contributed by atoms with Crippen molar-refractivity contribution in [3.63, 3.8) is 0 Å². The Kier molecular flexibility index (Phi) is 4.90. The van der Waals surface area contributed by atoms with Gasteiger partial charge in [-0.3, -0.25) is 9.59 Å². The van der Waals surface area contributed by atoms with Gasteiger partial charge in [-0.2, -0.15) is 0 Å². The first-order valence-corrected chi connectivity index (χ1v) is 10.5. The highest BCUT2D eigenvalue weighted by atomic mass is 16.6. The van der Waals surface area contributed by atoms with Crippen LogP contribution in [0.25, 0.3) is 5.57 Å². The van der Waals surface area contributed by atoms with Gasteiger partial charge in [0.1, 0.15) is 18.9 Å². The van der Waals surface area contributed by atoms with Crippen LogP contribution in [0.5, 0.6) is 11.5 Å². The van der Waals surface area contributed by atoms with Crippen LogP contribution >= 0.6 is 0 Å². The van der Waals surface area contributed by atoms with Gasteiger partial charge < -0.3 is 14.8 Å². The first kappa shape index (κ1) is 19.9. The number of nitrogens with one attached hydrogen (secondary N) is 1. The highest BCUT2D eigenvalue weighted by Gasteiger charge is 2.41. The van der Waals surface area contributed by atoms with Crippen molar-refractivity contribution in [3.8, 4) is 11.5 Å². The summed E-state index contributed by atoms with van der Waals surface area (Å²) in [6, 6.07) is 20.2. The molecule has 6 nitrogen and oxygen atoms in total. The number of nitrogens with zero attached hydrogens (tertiary/aromatic N) is 1. The lowest BCUT2D eigenvalue weighted by Gasteiger charge is -2.20. The van der Waals surface area contributed by atoms with E-state index in [4.69, 9.17) is 9.47 Å². The molecule has 0 atom stereocenters. The van der Waals surface area contributed by atoms with Gasteiger partial charge in [0.25, 0.3) is 11.8 Å². The summed E-state index contributed by atoms with van der Waals surface area (Å²) < 4.78 is 11.2. The molecule has 32 heavy (non-hydrogen) atoms. The Morgan fingerprint density at radius 1 is 0.812 bits per heavy atom. The Labute approximate surface area is 186 Å². The van der Waals surface area contributed by atoms with Gasteiger partial charge >= 0.3 is 0 Å². The summed E-state index contributed by atoms with van der Waals surface area (Å²) >= 11 is 0. The van der Waals surface area contributed by atoms with Crippen LogP contribution in [0.3, 0.4) is 0 Å². The summed E-state index contributed by atoms with van der Waals surface area (Å²) in [5, 5.41) is 3.19. The van der Waals surface area contributed by atoms with E-state index in [1.807, 2.05) is 62.4 Å². The van der Waals surface area contributed by atoms with Gasteiger partial charge in [0.2, 0.25) is 0 Å². The zero-order chi connectivity index (χ0) is 22.2. The number of aryl methyl sites for hydroxylation is 1. The number of fused-ring (bicyclic) bond motifs is 1. The van der Waals surface area contributed by atoms with Crippen molar-refractivity contribution in [2.45, 2.75) is 13.8 Å². The molecular formula is C26H22N2O4. The molecule has 0 spiro atoms. The fraction of sp³-hybridized carbons (Fsp3) is 0.154. The third kappa shape index (κ3) is 3.30. The van der Waals surface area contributed by atoms with Crippen molar-refractivity contribution >= 4 is 28.8 Å². The van der Waals surface area contributed by atoms with Gasteiger partial charge in [0, 0.05) is 11.8 Å². The maximum atomic E-state index is 13.6. The maximum Gasteiger partial charge on any atom is 0.282 e. The average molecular weight is 426 g/mol. The number of ether oxygens (including phenoxy) is 2. The van der Waals surface area contributed by atoms with E-state index in [1.165, 1.54) is 4.90 Å². The van der Waals surface area contributed by atoms with Crippen LogP contribution in [0, 0.1) is 13.8 Å². The number of carbonyl (C=O) groups excluding carboxylic acids is 2. The Hall–Kier alpha value is -4.06. The molecule has 6 heteroatoms. The van der Waals surface area contributed by atoms with Crippen molar-refractivity contribution in [1.82, 2.24) is 0 Å². The van der Waals surface area contributed by atoms with Crippen LogP contribution in [-0.2, 0) is 9.59 Å². The molecule has 3 aromatic carbocycles. The molecule has 2 amide bonds. The van der Waals surface area contributed by atoms with Crippen molar-refractivity contribution in [1.29, 1.82) is 0 Å². The SMILES string of the molecule is Cc1cccc(N2C(=O)C(Nc3ccc4c(c3)OCCO4)=C(c3ccccc3)C2=O)c1C. The Morgan fingerprint density at radius 2 is 1.56 bits per heavy atom. The average Bonchev–Trinajstić information content (AvgIpc) is 3.05.